The summed E-state index contributed by atoms with van der Waals surface area (Å²) >= 11 is 0. The molecular formula is C18H27N. The zero-order valence-electron chi connectivity index (χ0n) is 12.3. The first-order valence-electron chi connectivity index (χ1n) is 7.88. The molecule has 4 unspecified atom stereocenters. The van der Waals surface area contributed by atoms with E-state index in [9.17, 15) is 0 Å². The predicted molar refractivity (Wildman–Crippen MR) is 81.0 cm³/mol. The van der Waals surface area contributed by atoms with Crippen molar-refractivity contribution in [3.63, 3.8) is 0 Å². The Balaban J connectivity index is 1.68. The molecule has 1 heteroatoms. The normalized spacial score (nSPS) is 31.6. The second-order valence-electron chi connectivity index (χ2n) is 7.36. The molecule has 2 bridgehead atoms. The van der Waals surface area contributed by atoms with Crippen molar-refractivity contribution < 1.29 is 0 Å². The molecule has 0 saturated heterocycles. The van der Waals surface area contributed by atoms with Gasteiger partial charge >= 0.3 is 0 Å². The summed E-state index contributed by atoms with van der Waals surface area (Å²) < 4.78 is 0. The molecule has 2 aliphatic carbocycles. The molecule has 2 saturated carbocycles. The number of hydrogen-bond donors (Lipinski definition) is 1. The quantitative estimate of drug-likeness (QED) is 0.862. The van der Waals surface area contributed by atoms with Gasteiger partial charge in [-0.25, -0.2) is 0 Å². The van der Waals surface area contributed by atoms with Crippen molar-refractivity contribution in [3.05, 3.63) is 35.9 Å². The highest BCUT2D eigenvalue weighted by Crippen LogP contribution is 2.50. The Bertz CT molecular complexity index is 423. The van der Waals surface area contributed by atoms with Gasteiger partial charge in [-0.05, 0) is 49.0 Å². The van der Waals surface area contributed by atoms with Crippen LogP contribution in [0.5, 0.6) is 0 Å². The molecule has 1 aromatic carbocycles. The van der Waals surface area contributed by atoms with Gasteiger partial charge in [-0.15, -0.1) is 0 Å². The van der Waals surface area contributed by atoms with Crippen molar-refractivity contribution in [2.75, 3.05) is 0 Å². The SMILES string of the molecule is CC(C)(c1ccccc1)C(N)CC1CC2CCC1C2. The topological polar surface area (TPSA) is 26.0 Å². The van der Waals surface area contributed by atoms with E-state index in [2.05, 4.69) is 44.2 Å². The van der Waals surface area contributed by atoms with Crippen LogP contribution in [0.2, 0.25) is 0 Å². The minimum absolute atomic E-state index is 0.0864. The monoisotopic (exact) mass is 257 g/mol. The van der Waals surface area contributed by atoms with Gasteiger partial charge in [-0.3, -0.25) is 0 Å². The third-order valence-corrected chi connectivity index (χ3v) is 5.89. The molecule has 1 nitrogen and oxygen atoms in total. The summed E-state index contributed by atoms with van der Waals surface area (Å²) in [6.45, 7) is 4.61. The maximum Gasteiger partial charge on any atom is 0.0134 e. The molecular weight excluding hydrogens is 230 g/mol. The second kappa shape index (κ2) is 4.94. The molecule has 0 radical (unpaired) electrons. The highest BCUT2D eigenvalue weighted by molar-refractivity contribution is 5.25. The van der Waals surface area contributed by atoms with E-state index in [-0.39, 0.29) is 11.5 Å². The average molecular weight is 257 g/mol. The zero-order chi connectivity index (χ0) is 13.5. The lowest BCUT2D eigenvalue weighted by Crippen LogP contribution is -2.42. The molecule has 104 valence electrons. The van der Waals surface area contributed by atoms with E-state index < -0.39 is 0 Å². The minimum Gasteiger partial charge on any atom is -0.327 e. The summed E-state index contributed by atoms with van der Waals surface area (Å²) in [7, 11) is 0. The largest absolute Gasteiger partial charge is 0.327 e. The number of fused-ring (bicyclic) bond motifs is 2. The van der Waals surface area contributed by atoms with Crippen LogP contribution in [0, 0.1) is 17.8 Å². The molecule has 1 aromatic rings. The Kier molecular flexibility index (Phi) is 3.42. The lowest BCUT2D eigenvalue weighted by atomic mass is 9.72. The third kappa shape index (κ3) is 2.45. The molecule has 19 heavy (non-hydrogen) atoms. The van der Waals surface area contributed by atoms with Crippen LogP contribution in [0.15, 0.2) is 30.3 Å². The predicted octanol–water partition coefficient (Wildman–Crippen LogP) is 4.12. The van der Waals surface area contributed by atoms with E-state index in [1.807, 2.05) is 0 Å². The number of rotatable bonds is 4. The Morgan fingerprint density at radius 2 is 1.89 bits per heavy atom. The fraction of sp³-hybridized carbons (Fsp3) is 0.667. The van der Waals surface area contributed by atoms with Crippen LogP contribution < -0.4 is 5.73 Å². The number of hydrogen-bond acceptors (Lipinski definition) is 1. The van der Waals surface area contributed by atoms with E-state index >= 15 is 0 Å². The molecule has 0 aromatic heterocycles. The van der Waals surface area contributed by atoms with Crippen LogP contribution in [0.4, 0.5) is 0 Å². The molecule has 2 aliphatic rings. The summed E-state index contributed by atoms with van der Waals surface area (Å²) in [5, 5.41) is 0. The van der Waals surface area contributed by atoms with E-state index in [1.54, 1.807) is 0 Å². The molecule has 0 amide bonds. The lowest BCUT2D eigenvalue weighted by Gasteiger charge is -2.35. The Labute approximate surface area is 117 Å². The molecule has 3 rings (SSSR count). The van der Waals surface area contributed by atoms with Crippen molar-refractivity contribution in [2.45, 2.75) is 57.4 Å². The highest BCUT2D eigenvalue weighted by atomic mass is 14.7. The maximum absolute atomic E-state index is 6.60. The summed E-state index contributed by atoms with van der Waals surface area (Å²) in [5.41, 5.74) is 8.06. The van der Waals surface area contributed by atoms with Crippen molar-refractivity contribution in [2.24, 2.45) is 23.5 Å². The summed E-state index contributed by atoms with van der Waals surface area (Å²) in [4.78, 5) is 0. The van der Waals surface area contributed by atoms with E-state index in [0.717, 1.165) is 17.8 Å². The van der Waals surface area contributed by atoms with Crippen LogP contribution in [-0.2, 0) is 5.41 Å². The Hall–Kier alpha value is -0.820. The third-order valence-electron chi connectivity index (χ3n) is 5.89. The fourth-order valence-corrected chi connectivity index (χ4v) is 4.37. The highest BCUT2D eigenvalue weighted by Gasteiger charge is 2.41. The van der Waals surface area contributed by atoms with Crippen LogP contribution in [0.3, 0.4) is 0 Å². The first-order valence-corrected chi connectivity index (χ1v) is 7.88. The molecule has 0 spiro atoms. The summed E-state index contributed by atoms with van der Waals surface area (Å²) in [6.07, 6.45) is 7.10. The van der Waals surface area contributed by atoms with Gasteiger partial charge in [0.05, 0.1) is 0 Å². The first kappa shape index (κ1) is 13.2. The van der Waals surface area contributed by atoms with Gasteiger partial charge in [0.2, 0.25) is 0 Å². The fourth-order valence-electron chi connectivity index (χ4n) is 4.37. The van der Waals surface area contributed by atoms with Crippen molar-refractivity contribution in [1.29, 1.82) is 0 Å². The maximum atomic E-state index is 6.60. The van der Waals surface area contributed by atoms with Crippen molar-refractivity contribution in [3.8, 4) is 0 Å². The van der Waals surface area contributed by atoms with Crippen LogP contribution >= 0.6 is 0 Å². The standard InChI is InChI=1S/C18H27N/c1-18(2,16-6-4-3-5-7-16)17(19)12-15-11-13-8-9-14(15)10-13/h3-7,13-15,17H,8-12,19H2,1-2H3. The number of nitrogens with two attached hydrogens (primary N) is 1. The van der Waals surface area contributed by atoms with Gasteiger partial charge in [0.15, 0.2) is 0 Å². The average Bonchev–Trinajstić information content (AvgIpc) is 3.02. The molecule has 0 aliphatic heterocycles. The van der Waals surface area contributed by atoms with Gasteiger partial charge < -0.3 is 5.73 Å². The summed E-state index contributed by atoms with van der Waals surface area (Å²) in [6, 6.07) is 11.1. The molecule has 4 atom stereocenters. The molecule has 2 fully saturated rings. The van der Waals surface area contributed by atoms with Crippen LogP contribution in [-0.4, -0.2) is 6.04 Å². The minimum atomic E-state index is 0.0864. The smallest absolute Gasteiger partial charge is 0.0134 e. The number of benzene rings is 1. The van der Waals surface area contributed by atoms with Crippen molar-refractivity contribution in [1.82, 2.24) is 0 Å². The summed E-state index contributed by atoms with van der Waals surface area (Å²) in [5.74, 6) is 2.92. The Morgan fingerprint density at radius 3 is 2.47 bits per heavy atom. The molecule has 2 N–H and O–H groups in total. The van der Waals surface area contributed by atoms with Gasteiger partial charge in [0.1, 0.15) is 0 Å². The zero-order valence-corrected chi connectivity index (χ0v) is 12.3. The van der Waals surface area contributed by atoms with Gasteiger partial charge in [-0.2, -0.15) is 0 Å². The Morgan fingerprint density at radius 1 is 1.16 bits per heavy atom. The van der Waals surface area contributed by atoms with Crippen molar-refractivity contribution >= 4 is 0 Å². The van der Waals surface area contributed by atoms with E-state index in [0.29, 0.717) is 0 Å². The van der Waals surface area contributed by atoms with Crippen LogP contribution in [0.25, 0.3) is 0 Å². The van der Waals surface area contributed by atoms with E-state index in [4.69, 9.17) is 5.73 Å². The van der Waals surface area contributed by atoms with Gasteiger partial charge in [0.25, 0.3) is 0 Å². The second-order valence-corrected chi connectivity index (χ2v) is 7.36. The molecule has 0 heterocycles. The van der Waals surface area contributed by atoms with E-state index in [1.165, 1.54) is 37.7 Å². The lowest BCUT2D eigenvalue weighted by molar-refractivity contribution is 0.256. The first-order chi connectivity index (χ1) is 9.07. The van der Waals surface area contributed by atoms with Gasteiger partial charge in [0, 0.05) is 11.5 Å². The van der Waals surface area contributed by atoms with Gasteiger partial charge in [-0.1, -0.05) is 50.6 Å². The van der Waals surface area contributed by atoms with Crippen LogP contribution in [0.1, 0.15) is 51.5 Å².